The lowest BCUT2D eigenvalue weighted by molar-refractivity contribution is 0.0434. The van der Waals surface area contributed by atoms with Crippen LogP contribution in [0.1, 0.15) is 40.5 Å². The number of hydrogen-bond donors (Lipinski definition) is 1. The molecule has 0 aromatic heterocycles. The van der Waals surface area contributed by atoms with Gasteiger partial charge in [0.1, 0.15) is 5.54 Å². The number of hydrogen-bond acceptors (Lipinski definition) is 3. The highest BCUT2D eigenvalue weighted by atomic mass is 16.5. The van der Waals surface area contributed by atoms with Crippen LogP contribution < -0.4 is 5.32 Å². The highest BCUT2D eigenvalue weighted by Crippen LogP contribution is 2.11. The monoisotopic (exact) mass is 212 g/mol. The molecule has 0 aliphatic heterocycles. The number of nitriles is 1. The molecular formula is C12H24N2O. The third-order valence-corrected chi connectivity index (χ3v) is 2.61. The van der Waals surface area contributed by atoms with E-state index < -0.39 is 5.54 Å². The second-order valence-corrected chi connectivity index (χ2v) is 4.75. The molecule has 3 nitrogen and oxygen atoms in total. The second-order valence-electron chi connectivity index (χ2n) is 4.75. The first kappa shape index (κ1) is 14.4. The maximum atomic E-state index is 8.93. The molecule has 88 valence electrons. The number of ether oxygens (including phenoxy) is 1. The third kappa shape index (κ3) is 6.48. The second kappa shape index (κ2) is 6.81. The predicted octanol–water partition coefficient (Wildman–Crippen LogP) is 2.33. The van der Waals surface area contributed by atoms with Crippen LogP contribution in [0.2, 0.25) is 0 Å². The van der Waals surface area contributed by atoms with Gasteiger partial charge in [-0.15, -0.1) is 0 Å². The molecule has 15 heavy (non-hydrogen) atoms. The molecule has 0 heterocycles. The average molecular weight is 212 g/mol. The van der Waals surface area contributed by atoms with E-state index in [0.29, 0.717) is 12.5 Å². The SMILES string of the molecule is CNC(C)(C#N)CCOC(C)CC(C)C. The number of rotatable bonds is 7. The molecule has 2 atom stereocenters. The minimum Gasteiger partial charge on any atom is -0.378 e. The Labute approximate surface area is 93.8 Å². The van der Waals surface area contributed by atoms with Gasteiger partial charge < -0.3 is 10.1 Å². The fourth-order valence-electron chi connectivity index (χ4n) is 1.43. The van der Waals surface area contributed by atoms with E-state index in [1.165, 1.54) is 0 Å². The normalized spacial score (nSPS) is 17.1. The van der Waals surface area contributed by atoms with Crippen LogP contribution in [0.15, 0.2) is 0 Å². The van der Waals surface area contributed by atoms with Gasteiger partial charge in [0.05, 0.1) is 12.2 Å². The largest absolute Gasteiger partial charge is 0.378 e. The molecule has 0 radical (unpaired) electrons. The summed E-state index contributed by atoms with van der Waals surface area (Å²) in [6.45, 7) is 8.99. The molecule has 0 spiro atoms. The zero-order valence-corrected chi connectivity index (χ0v) is 10.6. The van der Waals surface area contributed by atoms with Crippen LogP contribution in [0.3, 0.4) is 0 Å². The number of nitrogens with one attached hydrogen (secondary N) is 1. The van der Waals surface area contributed by atoms with Crippen LogP contribution in [0.5, 0.6) is 0 Å². The van der Waals surface area contributed by atoms with Crippen LogP contribution >= 0.6 is 0 Å². The van der Waals surface area contributed by atoms with Gasteiger partial charge in [-0.2, -0.15) is 5.26 Å². The Morgan fingerprint density at radius 2 is 2.00 bits per heavy atom. The first-order valence-electron chi connectivity index (χ1n) is 5.65. The molecule has 1 N–H and O–H groups in total. The zero-order valence-electron chi connectivity index (χ0n) is 10.6. The van der Waals surface area contributed by atoms with Gasteiger partial charge in [-0.25, -0.2) is 0 Å². The molecule has 0 aromatic carbocycles. The van der Waals surface area contributed by atoms with E-state index in [4.69, 9.17) is 10.00 Å². The average Bonchev–Trinajstić information content (AvgIpc) is 2.16. The van der Waals surface area contributed by atoms with E-state index in [-0.39, 0.29) is 6.10 Å². The van der Waals surface area contributed by atoms with E-state index in [2.05, 4.69) is 32.2 Å². The molecule has 0 bridgehead atoms. The summed E-state index contributed by atoms with van der Waals surface area (Å²) in [6, 6.07) is 2.25. The smallest absolute Gasteiger partial charge is 0.105 e. The van der Waals surface area contributed by atoms with Crippen molar-refractivity contribution < 1.29 is 4.74 Å². The van der Waals surface area contributed by atoms with Crippen molar-refractivity contribution in [1.82, 2.24) is 5.32 Å². The highest BCUT2D eigenvalue weighted by molar-refractivity contribution is 5.02. The van der Waals surface area contributed by atoms with Crippen molar-refractivity contribution in [2.24, 2.45) is 5.92 Å². The Balaban J connectivity index is 3.74. The fourth-order valence-corrected chi connectivity index (χ4v) is 1.43. The van der Waals surface area contributed by atoms with Crippen LogP contribution in [-0.2, 0) is 4.74 Å². The minimum absolute atomic E-state index is 0.282. The van der Waals surface area contributed by atoms with Crippen molar-refractivity contribution in [2.45, 2.75) is 52.2 Å². The topological polar surface area (TPSA) is 45.0 Å². The van der Waals surface area contributed by atoms with Gasteiger partial charge in [-0.05, 0) is 33.2 Å². The Morgan fingerprint density at radius 3 is 2.40 bits per heavy atom. The first-order valence-corrected chi connectivity index (χ1v) is 5.65. The van der Waals surface area contributed by atoms with Crippen molar-refractivity contribution in [3.8, 4) is 6.07 Å². The molecule has 3 heteroatoms. The van der Waals surface area contributed by atoms with Crippen molar-refractivity contribution in [3.05, 3.63) is 0 Å². The lowest BCUT2D eigenvalue weighted by Gasteiger charge is -2.22. The molecule has 0 amide bonds. The van der Waals surface area contributed by atoms with Gasteiger partial charge in [0, 0.05) is 13.0 Å². The summed E-state index contributed by atoms with van der Waals surface area (Å²) in [5, 5.41) is 11.9. The Hall–Kier alpha value is -0.590. The van der Waals surface area contributed by atoms with Crippen molar-refractivity contribution in [3.63, 3.8) is 0 Å². The van der Waals surface area contributed by atoms with Crippen molar-refractivity contribution >= 4 is 0 Å². The van der Waals surface area contributed by atoms with Crippen LogP contribution in [-0.4, -0.2) is 25.3 Å². The lowest BCUT2D eigenvalue weighted by Crippen LogP contribution is -2.39. The van der Waals surface area contributed by atoms with Crippen molar-refractivity contribution in [2.75, 3.05) is 13.7 Å². The summed E-state index contributed by atoms with van der Waals surface area (Å²) < 4.78 is 5.66. The van der Waals surface area contributed by atoms with Gasteiger partial charge in [-0.1, -0.05) is 13.8 Å². The zero-order chi connectivity index (χ0) is 11.9. The van der Waals surface area contributed by atoms with E-state index in [1.54, 1.807) is 7.05 Å². The van der Waals surface area contributed by atoms with Crippen LogP contribution in [0.4, 0.5) is 0 Å². The predicted molar refractivity (Wildman–Crippen MR) is 62.6 cm³/mol. The summed E-state index contributed by atoms with van der Waals surface area (Å²) in [5.41, 5.74) is -0.461. The molecule has 0 aromatic rings. The highest BCUT2D eigenvalue weighted by Gasteiger charge is 2.20. The standard InChI is InChI=1S/C12H24N2O/c1-10(2)8-11(3)15-7-6-12(4,9-13)14-5/h10-11,14H,6-8H2,1-5H3. The van der Waals surface area contributed by atoms with Crippen LogP contribution in [0, 0.1) is 17.2 Å². The Bertz CT molecular complexity index is 210. The van der Waals surface area contributed by atoms with Gasteiger partial charge in [0.2, 0.25) is 0 Å². The number of nitrogens with zero attached hydrogens (tertiary/aromatic N) is 1. The van der Waals surface area contributed by atoms with E-state index in [9.17, 15) is 0 Å². The summed E-state index contributed by atoms with van der Waals surface area (Å²) in [5.74, 6) is 0.659. The maximum absolute atomic E-state index is 8.93. The summed E-state index contributed by atoms with van der Waals surface area (Å²) in [6.07, 6.45) is 2.08. The molecule has 0 aliphatic carbocycles. The molecule has 0 rings (SSSR count). The van der Waals surface area contributed by atoms with E-state index in [0.717, 1.165) is 12.8 Å². The lowest BCUT2D eigenvalue weighted by atomic mass is 10.0. The molecule has 0 saturated heterocycles. The van der Waals surface area contributed by atoms with Gasteiger partial charge in [0.15, 0.2) is 0 Å². The van der Waals surface area contributed by atoms with E-state index >= 15 is 0 Å². The molecule has 2 unspecified atom stereocenters. The fraction of sp³-hybridized carbons (Fsp3) is 0.917. The molecule has 0 saturated carbocycles. The Morgan fingerprint density at radius 1 is 1.40 bits per heavy atom. The molecular weight excluding hydrogens is 188 g/mol. The van der Waals surface area contributed by atoms with E-state index in [1.807, 2.05) is 6.92 Å². The van der Waals surface area contributed by atoms with Crippen molar-refractivity contribution in [1.29, 1.82) is 5.26 Å². The summed E-state index contributed by atoms with van der Waals surface area (Å²) in [4.78, 5) is 0. The quantitative estimate of drug-likeness (QED) is 0.704. The van der Waals surface area contributed by atoms with Gasteiger partial charge >= 0.3 is 0 Å². The first-order chi connectivity index (χ1) is 6.93. The molecule has 0 fully saturated rings. The Kier molecular flexibility index (Phi) is 6.55. The van der Waals surface area contributed by atoms with Gasteiger partial charge in [-0.3, -0.25) is 0 Å². The third-order valence-electron chi connectivity index (χ3n) is 2.61. The molecule has 0 aliphatic rings. The summed E-state index contributed by atoms with van der Waals surface area (Å²) >= 11 is 0. The van der Waals surface area contributed by atoms with Crippen LogP contribution in [0.25, 0.3) is 0 Å². The summed E-state index contributed by atoms with van der Waals surface area (Å²) in [7, 11) is 1.81. The van der Waals surface area contributed by atoms with Gasteiger partial charge in [0.25, 0.3) is 0 Å². The maximum Gasteiger partial charge on any atom is 0.105 e. The minimum atomic E-state index is -0.461.